The Balaban J connectivity index is 1.36. The normalized spacial score (nSPS) is 24.6. The van der Waals surface area contributed by atoms with Crippen molar-refractivity contribution in [1.82, 2.24) is 9.88 Å². The molecule has 152 valence electrons. The van der Waals surface area contributed by atoms with Gasteiger partial charge in [-0.25, -0.2) is 0 Å². The summed E-state index contributed by atoms with van der Waals surface area (Å²) in [7, 11) is -1.58. The molecule has 0 saturated carbocycles. The summed E-state index contributed by atoms with van der Waals surface area (Å²) >= 11 is 0. The second kappa shape index (κ2) is 6.97. The van der Waals surface area contributed by atoms with Gasteiger partial charge in [-0.15, -0.1) is 0 Å². The van der Waals surface area contributed by atoms with Crippen molar-refractivity contribution in [2.75, 3.05) is 20.2 Å². The number of likely N-dealkylation sites (tertiary alicyclic amines) is 1. The van der Waals surface area contributed by atoms with Gasteiger partial charge in [-0.1, -0.05) is 29.8 Å². The van der Waals surface area contributed by atoms with Crippen molar-refractivity contribution >= 4 is 21.0 Å². The van der Waals surface area contributed by atoms with Crippen LogP contribution in [-0.2, 0) is 20.7 Å². The number of fused-ring (bicyclic) bond motifs is 2. The first-order chi connectivity index (χ1) is 13.9. The standard InChI is InChI=1S/C23H26N2O3S/c1-15-6-8-18(9-7-15)29(26,27)28-14-16-10-20-19-4-3-5-21-23(19)17(12-24-21)11-22(20)25(2)13-16/h3-9,12,16,20,22,24H,10-11,13-14H2,1-2H3/t16?,20?,22-/m1/s1. The summed E-state index contributed by atoms with van der Waals surface area (Å²) in [6.45, 7) is 3.01. The third-order valence-electron chi connectivity index (χ3n) is 6.58. The molecule has 0 radical (unpaired) electrons. The van der Waals surface area contributed by atoms with Crippen LogP contribution < -0.4 is 0 Å². The largest absolute Gasteiger partial charge is 0.361 e. The van der Waals surface area contributed by atoms with Crippen molar-refractivity contribution in [2.45, 2.75) is 36.6 Å². The average Bonchev–Trinajstić information content (AvgIpc) is 3.12. The van der Waals surface area contributed by atoms with Gasteiger partial charge in [0.25, 0.3) is 10.1 Å². The highest BCUT2D eigenvalue weighted by atomic mass is 32.2. The number of aromatic nitrogens is 1. The van der Waals surface area contributed by atoms with Gasteiger partial charge in [0.2, 0.25) is 0 Å². The maximum atomic E-state index is 12.6. The number of nitrogens with one attached hydrogen (secondary N) is 1. The predicted molar refractivity (Wildman–Crippen MR) is 114 cm³/mol. The van der Waals surface area contributed by atoms with Crippen LogP contribution in [0.5, 0.6) is 0 Å². The maximum Gasteiger partial charge on any atom is 0.296 e. The van der Waals surface area contributed by atoms with Crippen molar-refractivity contribution < 1.29 is 12.6 Å². The van der Waals surface area contributed by atoms with Crippen LogP contribution in [0, 0.1) is 12.8 Å². The van der Waals surface area contributed by atoms with Crippen LogP contribution >= 0.6 is 0 Å². The quantitative estimate of drug-likeness (QED) is 0.664. The number of likely N-dealkylation sites (N-methyl/N-ethyl adjacent to an activating group) is 1. The summed E-state index contributed by atoms with van der Waals surface area (Å²) in [5.41, 5.74) is 4.99. The summed E-state index contributed by atoms with van der Waals surface area (Å²) in [6, 6.07) is 13.8. The predicted octanol–water partition coefficient (Wildman–Crippen LogP) is 3.84. The Kier molecular flexibility index (Phi) is 4.53. The van der Waals surface area contributed by atoms with E-state index in [-0.39, 0.29) is 17.4 Å². The van der Waals surface area contributed by atoms with Crippen molar-refractivity contribution in [3.63, 3.8) is 0 Å². The smallest absolute Gasteiger partial charge is 0.296 e. The Morgan fingerprint density at radius 3 is 2.76 bits per heavy atom. The lowest BCUT2D eigenvalue weighted by atomic mass is 9.72. The fourth-order valence-corrected chi connectivity index (χ4v) is 6.11. The molecule has 1 saturated heterocycles. The van der Waals surface area contributed by atoms with E-state index < -0.39 is 10.1 Å². The van der Waals surface area contributed by atoms with Crippen LogP contribution in [0.2, 0.25) is 0 Å². The number of aryl methyl sites for hydroxylation is 1. The Bertz CT molecular complexity index is 1150. The number of H-pyrrole nitrogens is 1. The minimum atomic E-state index is -3.73. The minimum Gasteiger partial charge on any atom is -0.361 e. The Morgan fingerprint density at radius 2 is 1.97 bits per heavy atom. The number of hydrogen-bond donors (Lipinski definition) is 1. The maximum absolute atomic E-state index is 12.6. The summed E-state index contributed by atoms with van der Waals surface area (Å²) in [5, 5.41) is 1.36. The minimum absolute atomic E-state index is 0.178. The van der Waals surface area contributed by atoms with Crippen molar-refractivity contribution in [1.29, 1.82) is 0 Å². The van der Waals surface area contributed by atoms with E-state index in [1.165, 1.54) is 22.0 Å². The Morgan fingerprint density at radius 1 is 1.17 bits per heavy atom. The van der Waals surface area contributed by atoms with Gasteiger partial charge < -0.3 is 9.88 Å². The zero-order valence-corrected chi connectivity index (χ0v) is 17.6. The molecule has 2 unspecified atom stereocenters. The van der Waals surface area contributed by atoms with Gasteiger partial charge in [-0.2, -0.15) is 8.42 Å². The van der Waals surface area contributed by atoms with Crippen LogP contribution in [0.3, 0.4) is 0 Å². The van der Waals surface area contributed by atoms with Crippen molar-refractivity contribution in [2.24, 2.45) is 5.92 Å². The van der Waals surface area contributed by atoms with E-state index in [4.69, 9.17) is 4.18 Å². The van der Waals surface area contributed by atoms with E-state index in [0.29, 0.717) is 12.0 Å². The van der Waals surface area contributed by atoms with Gasteiger partial charge in [-0.3, -0.25) is 4.18 Å². The Labute approximate surface area is 171 Å². The molecule has 0 spiro atoms. The highest BCUT2D eigenvalue weighted by Crippen LogP contribution is 2.44. The van der Waals surface area contributed by atoms with Crippen molar-refractivity contribution in [3.8, 4) is 0 Å². The number of nitrogens with zero attached hydrogens (tertiary/aromatic N) is 1. The van der Waals surface area contributed by atoms with E-state index in [0.717, 1.165) is 24.9 Å². The molecule has 1 aliphatic heterocycles. The molecule has 29 heavy (non-hydrogen) atoms. The van der Waals surface area contributed by atoms with Gasteiger partial charge in [0.15, 0.2) is 0 Å². The molecule has 5 rings (SSSR count). The summed E-state index contributed by atoms with van der Waals surface area (Å²) in [5.74, 6) is 0.577. The number of benzene rings is 2. The first-order valence-electron chi connectivity index (χ1n) is 10.2. The Hall–Kier alpha value is -2.15. The second-order valence-corrected chi connectivity index (χ2v) is 10.2. The van der Waals surface area contributed by atoms with E-state index >= 15 is 0 Å². The highest BCUT2D eigenvalue weighted by molar-refractivity contribution is 7.86. The zero-order valence-electron chi connectivity index (χ0n) is 16.8. The van der Waals surface area contributed by atoms with Gasteiger partial charge in [-0.05, 0) is 62.1 Å². The molecular formula is C23H26N2O3S. The first kappa shape index (κ1) is 18.9. The molecule has 1 aliphatic carbocycles. The topological polar surface area (TPSA) is 62.4 Å². The molecule has 3 atom stereocenters. The number of rotatable bonds is 4. The first-order valence-corrected chi connectivity index (χ1v) is 11.6. The molecule has 0 bridgehead atoms. The van der Waals surface area contributed by atoms with Gasteiger partial charge in [0.1, 0.15) is 0 Å². The molecule has 1 aromatic heterocycles. The summed E-state index contributed by atoms with van der Waals surface area (Å²) in [6.07, 6.45) is 4.12. The van der Waals surface area contributed by atoms with Crippen molar-refractivity contribution in [3.05, 3.63) is 65.4 Å². The number of hydrogen-bond acceptors (Lipinski definition) is 4. The molecule has 0 amide bonds. The van der Waals surface area contributed by atoms with Crippen LogP contribution in [0.1, 0.15) is 29.0 Å². The van der Waals surface area contributed by atoms with Gasteiger partial charge in [0.05, 0.1) is 11.5 Å². The van der Waals surface area contributed by atoms with Gasteiger partial charge >= 0.3 is 0 Å². The lowest BCUT2D eigenvalue weighted by Gasteiger charge is -2.45. The molecule has 2 aliphatic rings. The van der Waals surface area contributed by atoms with E-state index in [1.807, 2.05) is 6.92 Å². The molecule has 6 heteroatoms. The van der Waals surface area contributed by atoms with E-state index in [2.05, 4.69) is 41.3 Å². The monoisotopic (exact) mass is 410 g/mol. The van der Waals surface area contributed by atoms with Crippen LogP contribution in [0.25, 0.3) is 10.9 Å². The number of aromatic amines is 1. The highest BCUT2D eigenvalue weighted by Gasteiger charge is 2.39. The molecule has 1 N–H and O–H groups in total. The molecule has 5 nitrogen and oxygen atoms in total. The summed E-state index contributed by atoms with van der Waals surface area (Å²) < 4.78 is 30.7. The lowest BCUT2D eigenvalue weighted by Crippen LogP contribution is -2.48. The van der Waals surface area contributed by atoms with E-state index in [1.54, 1.807) is 24.3 Å². The fraction of sp³-hybridized carbons (Fsp3) is 0.391. The van der Waals surface area contributed by atoms with Crippen LogP contribution in [0.15, 0.2) is 53.6 Å². The number of piperidine rings is 1. The fourth-order valence-electron chi connectivity index (χ4n) is 5.13. The third-order valence-corrected chi connectivity index (χ3v) is 7.88. The second-order valence-electron chi connectivity index (χ2n) is 8.55. The zero-order chi connectivity index (χ0) is 20.2. The molecule has 3 aromatic rings. The lowest BCUT2D eigenvalue weighted by molar-refractivity contribution is 0.0854. The molecule has 1 fully saturated rings. The average molecular weight is 411 g/mol. The third kappa shape index (κ3) is 3.29. The van der Waals surface area contributed by atoms with Gasteiger partial charge in [0, 0.05) is 35.6 Å². The molecular weight excluding hydrogens is 384 g/mol. The summed E-state index contributed by atoms with van der Waals surface area (Å²) in [4.78, 5) is 6.01. The SMILES string of the molecule is Cc1ccc(S(=O)(=O)OCC2CC3c4cccc5[nH]cc(c45)C[C@H]3N(C)C2)cc1. The molecule has 2 heterocycles. The van der Waals surface area contributed by atoms with E-state index in [9.17, 15) is 8.42 Å². The van der Waals surface area contributed by atoms with Crippen LogP contribution in [0.4, 0.5) is 0 Å². The van der Waals surface area contributed by atoms with Crippen LogP contribution in [-0.4, -0.2) is 44.5 Å². The molecule has 2 aromatic carbocycles.